The number of hydrogen-bond acceptors (Lipinski definition) is 6. The molecule has 0 bridgehead atoms. The first-order valence-electron chi connectivity index (χ1n) is 11.9. The Morgan fingerprint density at radius 1 is 1.17 bits per heavy atom. The summed E-state index contributed by atoms with van der Waals surface area (Å²) in [6.45, 7) is 10.6. The number of fused-ring (bicyclic) bond motifs is 1. The van der Waals surface area contributed by atoms with Crippen LogP contribution in [0.15, 0.2) is 40.3 Å². The summed E-state index contributed by atoms with van der Waals surface area (Å²) in [5, 5.41) is 2.86. The molecule has 0 radical (unpaired) electrons. The minimum absolute atomic E-state index is 0.0235. The molecule has 188 valence electrons. The van der Waals surface area contributed by atoms with Crippen LogP contribution >= 0.6 is 11.3 Å². The highest BCUT2D eigenvalue weighted by atomic mass is 32.2. The van der Waals surface area contributed by atoms with Crippen molar-refractivity contribution in [3.8, 4) is 0 Å². The lowest BCUT2D eigenvalue weighted by atomic mass is 9.94. The van der Waals surface area contributed by atoms with Crippen molar-refractivity contribution < 1.29 is 13.2 Å². The standard InChI is InChI=1S/C25H32N4O4S2/c1-15(2)19-6-8-20(9-7-19)27-21(30)13-28-14-26-24-22(25(28)31)23(18(5)34-24)35(32,33)29-11-16(3)10-17(4)12-29/h6-9,14-17H,10-13H2,1-5H3,(H,27,30)/t16-,17-/m0/s1. The van der Waals surface area contributed by atoms with Crippen LogP contribution in [0.1, 0.15) is 50.5 Å². The second-order valence-corrected chi connectivity index (χ2v) is 13.0. The molecule has 8 nitrogen and oxygen atoms in total. The van der Waals surface area contributed by atoms with E-state index in [4.69, 9.17) is 0 Å². The smallest absolute Gasteiger partial charge is 0.263 e. The van der Waals surface area contributed by atoms with E-state index in [2.05, 4.69) is 24.1 Å². The maximum atomic E-state index is 13.7. The number of aryl methyl sites for hydroxylation is 1. The number of nitrogens with zero attached hydrogens (tertiary/aromatic N) is 3. The molecule has 0 unspecified atom stereocenters. The Kier molecular flexibility index (Phi) is 7.17. The number of carbonyl (C=O) groups excluding carboxylic acids is 1. The summed E-state index contributed by atoms with van der Waals surface area (Å²) in [6.07, 6.45) is 2.28. The average molecular weight is 517 g/mol. The van der Waals surface area contributed by atoms with E-state index < -0.39 is 15.6 Å². The monoisotopic (exact) mass is 516 g/mol. The fourth-order valence-electron chi connectivity index (χ4n) is 4.77. The Labute approximate surface area is 210 Å². The average Bonchev–Trinajstić information content (AvgIpc) is 3.13. The number of rotatable bonds is 6. The molecule has 1 aliphatic rings. The molecule has 3 heterocycles. The van der Waals surface area contributed by atoms with E-state index >= 15 is 0 Å². The van der Waals surface area contributed by atoms with Gasteiger partial charge in [-0.15, -0.1) is 11.3 Å². The molecule has 2 atom stereocenters. The van der Waals surface area contributed by atoms with Crippen LogP contribution in [0, 0.1) is 18.8 Å². The Morgan fingerprint density at radius 2 is 1.80 bits per heavy atom. The molecule has 35 heavy (non-hydrogen) atoms. The van der Waals surface area contributed by atoms with Crippen LogP contribution in [0.5, 0.6) is 0 Å². The van der Waals surface area contributed by atoms with Crippen molar-refractivity contribution in [1.29, 1.82) is 0 Å². The number of thiophene rings is 1. The zero-order valence-electron chi connectivity index (χ0n) is 20.7. The van der Waals surface area contributed by atoms with E-state index in [1.807, 2.05) is 38.1 Å². The van der Waals surface area contributed by atoms with Crippen molar-refractivity contribution in [3.63, 3.8) is 0 Å². The van der Waals surface area contributed by atoms with Gasteiger partial charge in [0, 0.05) is 23.7 Å². The Bertz CT molecular complexity index is 1400. The molecule has 1 N–H and O–H groups in total. The molecule has 1 amide bonds. The molecule has 1 saturated heterocycles. The molecule has 1 aromatic carbocycles. The fourth-order valence-corrected chi connectivity index (χ4v) is 8.12. The molecule has 1 aliphatic heterocycles. The maximum Gasteiger partial charge on any atom is 0.263 e. The number of amides is 1. The van der Waals surface area contributed by atoms with Crippen molar-refractivity contribution in [2.24, 2.45) is 11.8 Å². The summed E-state index contributed by atoms with van der Waals surface area (Å²) in [7, 11) is -3.88. The van der Waals surface area contributed by atoms with Crippen molar-refractivity contribution in [2.75, 3.05) is 18.4 Å². The van der Waals surface area contributed by atoms with Gasteiger partial charge in [0.2, 0.25) is 15.9 Å². The topological polar surface area (TPSA) is 101 Å². The summed E-state index contributed by atoms with van der Waals surface area (Å²) in [6, 6.07) is 7.55. The van der Waals surface area contributed by atoms with E-state index in [0.717, 1.165) is 12.0 Å². The Balaban J connectivity index is 1.64. The van der Waals surface area contributed by atoms with Crippen molar-refractivity contribution in [1.82, 2.24) is 13.9 Å². The largest absolute Gasteiger partial charge is 0.325 e. The highest BCUT2D eigenvalue weighted by Gasteiger charge is 2.35. The van der Waals surface area contributed by atoms with Gasteiger partial charge in [-0.25, -0.2) is 13.4 Å². The van der Waals surface area contributed by atoms with Crippen LogP contribution in [0.3, 0.4) is 0 Å². The first-order chi connectivity index (χ1) is 16.5. The third-order valence-corrected chi connectivity index (χ3v) is 9.55. The summed E-state index contributed by atoms with van der Waals surface area (Å²) < 4.78 is 30.0. The van der Waals surface area contributed by atoms with Crippen LogP contribution < -0.4 is 10.9 Å². The first-order valence-corrected chi connectivity index (χ1v) is 14.1. The summed E-state index contributed by atoms with van der Waals surface area (Å²) >= 11 is 1.19. The summed E-state index contributed by atoms with van der Waals surface area (Å²) in [5.41, 5.74) is 1.26. The lowest BCUT2D eigenvalue weighted by molar-refractivity contribution is -0.116. The lowest BCUT2D eigenvalue weighted by Gasteiger charge is -2.34. The van der Waals surface area contributed by atoms with Gasteiger partial charge in [-0.2, -0.15) is 4.31 Å². The third-order valence-electron chi connectivity index (χ3n) is 6.41. The van der Waals surface area contributed by atoms with E-state index in [0.29, 0.717) is 34.4 Å². The van der Waals surface area contributed by atoms with Gasteiger partial charge in [0.1, 0.15) is 16.3 Å². The Hall–Kier alpha value is -2.56. The quantitative estimate of drug-likeness (QED) is 0.529. The number of aromatic nitrogens is 2. The molecule has 0 saturated carbocycles. The van der Waals surface area contributed by atoms with Crippen LogP contribution in [-0.2, 0) is 21.4 Å². The van der Waals surface area contributed by atoms with Crippen LogP contribution in [0.2, 0.25) is 0 Å². The predicted molar refractivity (Wildman–Crippen MR) is 139 cm³/mol. The number of nitrogens with one attached hydrogen (secondary N) is 1. The van der Waals surface area contributed by atoms with Gasteiger partial charge in [-0.3, -0.25) is 14.2 Å². The fraction of sp³-hybridized carbons (Fsp3) is 0.480. The SMILES string of the molecule is Cc1sc2ncn(CC(=O)Nc3ccc(C(C)C)cc3)c(=O)c2c1S(=O)(=O)N1C[C@@H](C)C[C@H](C)C1. The molecule has 4 rings (SSSR count). The van der Waals surface area contributed by atoms with Gasteiger partial charge in [0.15, 0.2) is 0 Å². The minimum Gasteiger partial charge on any atom is -0.325 e. The van der Waals surface area contributed by atoms with Crippen LogP contribution in [0.4, 0.5) is 5.69 Å². The third kappa shape index (κ3) is 5.19. The number of carbonyl (C=O) groups is 1. The molecule has 10 heteroatoms. The molecule has 1 fully saturated rings. The van der Waals surface area contributed by atoms with Gasteiger partial charge >= 0.3 is 0 Å². The van der Waals surface area contributed by atoms with Crippen molar-refractivity contribution >= 4 is 43.2 Å². The second kappa shape index (κ2) is 9.83. The minimum atomic E-state index is -3.88. The van der Waals surface area contributed by atoms with Gasteiger partial charge in [-0.1, -0.05) is 39.8 Å². The van der Waals surface area contributed by atoms with Gasteiger partial charge < -0.3 is 5.32 Å². The normalized spacial score (nSPS) is 19.4. The maximum absolute atomic E-state index is 13.7. The number of sulfonamides is 1. The molecule has 3 aromatic rings. The first kappa shape index (κ1) is 25.5. The van der Waals surface area contributed by atoms with E-state index in [9.17, 15) is 18.0 Å². The van der Waals surface area contributed by atoms with E-state index in [1.165, 1.54) is 26.5 Å². The lowest BCUT2D eigenvalue weighted by Crippen LogP contribution is -2.42. The van der Waals surface area contributed by atoms with Gasteiger partial charge in [0.25, 0.3) is 5.56 Å². The summed E-state index contributed by atoms with van der Waals surface area (Å²) in [4.78, 5) is 31.3. The van der Waals surface area contributed by atoms with Gasteiger partial charge in [0.05, 0.1) is 11.7 Å². The number of hydrogen-bond donors (Lipinski definition) is 1. The molecular formula is C25H32N4O4S2. The highest BCUT2D eigenvalue weighted by molar-refractivity contribution is 7.89. The molecule has 0 spiro atoms. The zero-order chi connectivity index (χ0) is 25.5. The number of benzene rings is 1. The molecular weight excluding hydrogens is 484 g/mol. The Morgan fingerprint density at radius 3 is 2.40 bits per heavy atom. The zero-order valence-corrected chi connectivity index (χ0v) is 22.4. The predicted octanol–water partition coefficient (Wildman–Crippen LogP) is 4.20. The van der Waals surface area contributed by atoms with E-state index in [1.54, 1.807) is 6.92 Å². The van der Waals surface area contributed by atoms with Crippen LogP contribution in [0.25, 0.3) is 10.2 Å². The molecule has 0 aliphatic carbocycles. The van der Waals surface area contributed by atoms with Gasteiger partial charge in [-0.05, 0) is 48.8 Å². The second-order valence-electron chi connectivity index (χ2n) is 9.94. The molecule has 2 aromatic heterocycles. The van der Waals surface area contributed by atoms with Crippen molar-refractivity contribution in [2.45, 2.75) is 58.4 Å². The van der Waals surface area contributed by atoms with E-state index in [-0.39, 0.29) is 34.6 Å². The van der Waals surface area contributed by atoms with Crippen molar-refractivity contribution in [3.05, 3.63) is 51.4 Å². The summed E-state index contributed by atoms with van der Waals surface area (Å²) in [5.74, 6) is 0.478. The number of piperidine rings is 1. The number of anilines is 1. The van der Waals surface area contributed by atoms with Crippen LogP contribution in [-0.4, -0.2) is 41.3 Å². The highest BCUT2D eigenvalue weighted by Crippen LogP contribution is 2.35.